The molecule has 0 saturated carbocycles. The number of aromatic amines is 1. The van der Waals surface area contributed by atoms with Gasteiger partial charge in [-0.3, -0.25) is 14.4 Å². The number of hydrogen-bond acceptors (Lipinski definition) is 9. The summed E-state index contributed by atoms with van der Waals surface area (Å²) in [5.41, 5.74) is 5.02. The Bertz CT molecular complexity index is 2190. The van der Waals surface area contributed by atoms with Crippen LogP contribution in [-0.2, 0) is 22.7 Å². The normalized spacial score (nSPS) is 17.2. The predicted octanol–water partition coefficient (Wildman–Crippen LogP) is 4.77. The zero-order valence-corrected chi connectivity index (χ0v) is 29.3. The Morgan fingerprint density at radius 2 is 1.43 bits per heavy atom. The zero-order valence-electron chi connectivity index (χ0n) is 27.8. The molecule has 2 aliphatic rings. The third-order valence-corrected chi connectivity index (χ3v) is 9.99. The summed E-state index contributed by atoms with van der Waals surface area (Å²) in [6.45, 7) is 2.11. The van der Waals surface area contributed by atoms with Crippen LogP contribution in [0.3, 0.4) is 0 Å². The summed E-state index contributed by atoms with van der Waals surface area (Å²) in [6, 6.07) is 17.1. The Kier molecular flexibility index (Phi) is 10.3. The van der Waals surface area contributed by atoms with E-state index in [1.165, 1.54) is 0 Å². The number of nitrogens with zero attached hydrogens (tertiary/aromatic N) is 3. The highest BCUT2D eigenvalue weighted by molar-refractivity contribution is 6.39. The van der Waals surface area contributed by atoms with E-state index < -0.39 is 0 Å². The molecule has 2 aliphatic heterocycles. The van der Waals surface area contributed by atoms with Gasteiger partial charge >= 0.3 is 0 Å². The SMILES string of the molecule is COc1nc(-c2cccc(-c3cccc(-c4cnc5nc(CNCC6CCC(=O)N6)[nH]c(=O)c5c4)c3Cl)c2Cl)ccc1CNCC1CCC(=O)N1. The maximum atomic E-state index is 13.1. The first-order chi connectivity index (χ1) is 24.8. The number of amides is 2. The van der Waals surface area contributed by atoms with Crippen molar-refractivity contribution in [3.8, 4) is 39.4 Å². The molecule has 2 fully saturated rings. The molecule has 0 aliphatic carbocycles. The van der Waals surface area contributed by atoms with Crippen molar-refractivity contribution in [2.24, 2.45) is 0 Å². The monoisotopic (exact) mass is 726 g/mol. The van der Waals surface area contributed by atoms with Gasteiger partial charge in [-0.05, 0) is 25.0 Å². The molecule has 3 aromatic heterocycles. The number of fused-ring (bicyclic) bond motifs is 1. The van der Waals surface area contributed by atoms with Gasteiger partial charge in [0.05, 0.1) is 34.8 Å². The number of ether oxygens (including phenoxy) is 1. The van der Waals surface area contributed by atoms with Gasteiger partial charge < -0.3 is 31.0 Å². The summed E-state index contributed by atoms with van der Waals surface area (Å²) in [6.07, 6.45) is 4.35. The average molecular weight is 728 g/mol. The molecule has 7 rings (SSSR count). The Balaban J connectivity index is 1.10. The molecule has 262 valence electrons. The number of carbonyl (C=O) groups excluding carboxylic acids is 2. The van der Waals surface area contributed by atoms with E-state index in [0.29, 0.717) is 105 Å². The first-order valence-electron chi connectivity index (χ1n) is 16.8. The molecule has 2 unspecified atom stereocenters. The van der Waals surface area contributed by atoms with E-state index in [0.717, 1.165) is 18.4 Å². The van der Waals surface area contributed by atoms with E-state index in [1.807, 2.05) is 48.5 Å². The van der Waals surface area contributed by atoms with Gasteiger partial charge in [-0.15, -0.1) is 0 Å². The Labute approximate surface area is 303 Å². The van der Waals surface area contributed by atoms with E-state index in [-0.39, 0.29) is 29.5 Å². The number of benzene rings is 2. The van der Waals surface area contributed by atoms with Gasteiger partial charge in [0.2, 0.25) is 17.7 Å². The van der Waals surface area contributed by atoms with E-state index in [1.54, 1.807) is 19.4 Å². The van der Waals surface area contributed by atoms with Gasteiger partial charge in [0.1, 0.15) is 5.82 Å². The van der Waals surface area contributed by atoms with Crippen LogP contribution in [0.2, 0.25) is 10.0 Å². The van der Waals surface area contributed by atoms with Crippen LogP contribution in [0.15, 0.2) is 65.6 Å². The second-order valence-electron chi connectivity index (χ2n) is 12.7. The van der Waals surface area contributed by atoms with Crippen LogP contribution >= 0.6 is 23.2 Å². The number of hydrogen-bond donors (Lipinski definition) is 5. The minimum Gasteiger partial charge on any atom is -0.481 e. The van der Waals surface area contributed by atoms with E-state index in [9.17, 15) is 14.4 Å². The van der Waals surface area contributed by atoms with Crippen molar-refractivity contribution in [3.63, 3.8) is 0 Å². The maximum Gasteiger partial charge on any atom is 0.260 e. The van der Waals surface area contributed by atoms with Crippen LogP contribution in [0.25, 0.3) is 44.5 Å². The number of nitrogens with one attached hydrogen (secondary N) is 5. The highest BCUT2D eigenvalue weighted by atomic mass is 35.5. The number of rotatable bonds is 12. The molecular formula is C37H36Cl2N8O4. The van der Waals surface area contributed by atoms with Crippen molar-refractivity contribution in [1.29, 1.82) is 0 Å². The largest absolute Gasteiger partial charge is 0.481 e. The molecule has 2 aromatic carbocycles. The van der Waals surface area contributed by atoms with Crippen LogP contribution in [0.5, 0.6) is 5.88 Å². The van der Waals surface area contributed by atoms with Crippen LogP contribution in [0, 0.1) is 0 Å². The van der Waals surface area contributed by atoms with Gasteiger partial charge in [0.25, 0.3) is 5.56 Å². The molecule has 0 radical (unpaired) electrons. The molecule has 2 amide bonds. The average Bonchev–Trinajstić information content (AvgIpc) is 3.75. The molecule has 51 heavy (non-hydrogen) atoms. The fourth-order valence-corrected chi connectivity index (χ4v) is 7.20. The molecule has 14 heteroatoms. The number of H-pyrrole nitrogens is 1. The Morgan fingerprint density at radius 1 is 0.804 bits per heavy atom. The maximum absolute atomic E-state index is 13.1. The molecule has 2 atom stereocenters. The Morgan fingerprint density at radius 3 is 2.08 bits per heavy atom. The number of carbonyl (C=O) groups is 2. The zero-order chi connectivity index (χ0) is 35.5. The number of aromatic nitrogens is 4. The Hall–Kier alpha value is -4.88. The van der Waals surface area contributed by atoms with Gasteiger partial charge in [0, 0.05) is 84.1 Å². The topological polar surface area (TPSA) is 163 Å². The molecule has 0 spiro atoms. The number of pyridine rings is 2. The molecule has 5 N–H and O–H groups in total. The second kappa shape index (κ2) is 15.2. The standard InChI is InChI=1S/C37H36Cl2N8O4/c1-51-37-20(15-40-17-22-9-12-31(48)43-22)8-11-29(45-37)27-7-3-6-26(34(27)39)25-5-2-4-24(33(25)38)21-14-28-35(42-16-21)46-30(47-36(28)50)19-41-18-23-10-13-32(49)44-23/h2-8,11,14,16,22-23,40-41H,9-10,12-13,15,17-19H2,1H3,(H,43,48)(H,44,49)(H,42,46,47,50). The van der Waals surface area contributed by atoms with E-state index >= 15 is 0 Å². The molecule has 0 bridgehead atoms. The van der Waals surface area contributed by atoms with E-state index in [2.05, 4.69) is 36.2 Å². The fraction of sp³-hybridized carbons (Fsp3) is 0.297. The minimum absolute atomic E-state index is 0.0552. The summed E-state index contributed by atoms with van der Waals surface area (Å²) >= 11 is 14.1. The van der Waals surface area contributed by atoms with Crippen LogP contribution in [-0.4, -0.2) is 64.0 Å². The summed E-state index contributed by atoms with van der Waals surface area (Å²) in [5, 5.41) is 13.8. The van der Waals surface area contributed by atoms with Gasteiger partial charge in [-0.2, -0.15) is 0 Å². The van der Waals surface area contributed by atoms with Crippen molar-refractivity contribution in [2.45, 2.75) is 50.9 Å². The third kappa shape index (κ3) is 7.59. The van der Waals surface area contributed by atoms with Gasteiger partial charge in [-0.1, -0.05) is 65.7 Å². The third-order valence-electron chi connectivity index (χ3n) is 9.18. The smallest absolute Gasteiger partial charge is 0.260 e. The summed E-state index contributed by atoms with van der Waals surface area (Å²) in [5.74, 6) is 1.08. The highest BCUT2D eigenvalue weighted by Gasteiger charge is 2.22. The summed E-state index contributed by atoms with van der Waals surface area (Å²) in [7, 11) is 1.58. The molecular weight excluding hydrogens is 691 g/mol. The minimum atomic E-state index is -0.310. The summed E-state index contributed by atoms with van der Waals surface area (Å²) < 4.78 is 5.64. The first kappa shape index (κ1) is 34.6. The molecule has 2 saturated heterocycles. The molecule has 5 aromatic rings. The van der Waals surface area contributed by atoms with Gasteiger partial charge in [0.15, 0.2) is 5.65 Å². The highest BCUT2D eigenvalue weighted by Crippen LogP contribution is 2.42. The van der Waals surface area contributed by atoms with E-state index in [4.69, 9.17) is 32.9 Å². The van der Waals surface area contributed by atoms with Crippen molar-refractivity contribution in [3.05, 3.63) is 92.6 Å². The summed E-state index contributed by atoms with van der Waals surface area (Å²) in [4.78, 5) is 52.7. The van der Waals surface area contributed by atoms with Crippen molar-refractivity contribution >= 4 is 46.0 Å². The first-order valence-corrected chi connectivity index (χ1v) is 17.5. The van der Waals surface area contributed by atoms with Crippen LogP contribution < -0.4 is 31.6 Å². The molecule has 5 heterocycles. The quantitative estimate of drug-likeness (QED) is 0.122. The fourth-order valence-electron chi connectivity index (χ4n) is 6.54. The lowest BCUT2D eigenvalue weighted by molar-refractivity contribution is -0.120. The number of halogens is 2. The van der Waals surface area contributed by atoms with Crippen molar-refractivity contribution in [2.75, 3.05) is 20.2 Å². The van der Waals surface area contributed by atoms with Crippen LogP contribution in [0.4, 0.5) is 0 Å². The van der Waals surface area contributed by atoms with Crippen molar-refractivity contribution < 1.29 is 14.3 Å². The van der Waals surface area contributed by atoms with Crippen LogP contribution in [0.1, 0.15) is 37.1 Å². The molecule has 12 nitrogen and oxygen atoms in total. The second-order valence-corrected chi connectivity index (χ2v) is 13.4. The number of methoxy groups -OCH3 is 1. The van der Waals surface area contributed by atoms with Gasteiger partial charge in [-0.25, -0.2) is 15.0 Å². The lowest BCUT2D eigenvalue weighted by Crippen LogP contribution is -2.35. The predicted molar refractivity (Wildman–Crippen MR) is 197 cm³/mol. The van der Waals surface area contributed by atoms with Crippen molar-refractivity contribution in [1.82, 2.24) is 41.2 Å². The lowest BCUT2D eigenvalue weighted by Gasteiger charge is -2.16. The lowest BCUT2D eigenvalue weighted by atomic mass is 9.97.